The molecule has 0 spiro atoms. The highest BCUT2D eigenvalue weighted by Crippen LogP contribution is 2.18. The summed E-state index contributed by atoms with van der Waals surface area (Å²) >= 11 is 0. The molecular weight excluding hydrogens is 142 g/mol. The second kappa shape index (κ2) is 3.83. The van der Waals surface area contributed by atoms with Gasteiger partial charge in [-0.25, -0.2) is 0 Å². The van der Waals surface area contributed by atoms with Gasteiger partial charge in [0.25, 0.3) is 0 Å². The van der Waals surface area contributed by atoms with Crippen LogP contribution in [-0.4, -0.2) is 25.5 Å². The highest BCUT2D eigenvalue weighted by atomic mass is 16.5. The monoisotopic (exact) mass is 159 g/mol. The van der Waals surface area contributed by atoms with Gasteiger partial charge in [0, 0.05) is 18.6 Å². The van der Waals surface area contributed by atoms with Crippen molar-refractivity contribution in [3.63, 3.8) is 0 Å². The Labute approximate surface area is 67.9 Å². The topological polar surface area (TPSA) is 52.3 Å². The van der Waals surface area contributed by atoms with Crippen LogP contribution in [0.4, 0.5) is 0 Å². The Hall–Kier alpha value is -0.410. The Morgan fingerprint density at radius 1 is 1.55 bits per heavy atom. The molecule has 0 bridgehead atoms. The number of nitrogens with two attached hydrogens (primary N) is 1. The quantitative estimate of drug-likeness (QED) is 0.610. The lowest BCUT2D eigenvalue weighted by atomic mass is 9.84. The summed E-state index contributed by atoms with van der Waals surface area (Å²) in [6, 6.07) is -0.245. The maximum absolute atomic E-state index is 10.6. The van der Waals surface area contributed by atoms with E-state index >= 15 is 0 Å². The van der Waals surface area contributed by atoms with Gasteiger partial charge in [0.1, 0.15) is 6.29 Å². The molecule has 11 heavy (non-hydrogen) atoms. The fourth-order valence-corrected chi connectivity index (χ4v) is 0.830. The van der Waals surface area contributed by atoms with E-state index in [1.165, 1.54) is 0 Å². The van der Waals surface area contributed by atoms with Gasteiger partial charge < -0.3 is 15.3 Å². The van der Waals surface area contributed by atoms with E-state index in [0.717, 1.165) is 6.29 Å². The van der Waals surface area contributed by atoms with Crippen molar-refractivity contribution in [1.82, 2.24) is 0 Å². The first kappa shape index (κ1) is 10.6. The average Bonchev–Trinajstić information content (AvgIpc) is 2.01. The zero-order valence-electron chi connectivity index (χ0n) is 7.63. The molecule has 0 heterocycles. The van der Waals surface area contributed by atoms with E-state index in [1.807, 2.05) is 6.92 Å². The van der Waals surface area contributed by atoms with Crippen molar-refractivity contribution in [3.05, 3.63) is 0 Å². The molecule has 0 aromatic rings. The van der Waals surface area contributed by atoms with Crippen LogP contribution in [0, 0.1) is 5.41 Å². The van der Waals surface area contributed by atoms with Crippen LogP contribution in [0.1, 0.15) is 20.8 Å². The fraction of sp³-hybridized carbons (Fsp3) is 0.875. The summed E-state index contributed by atoms with van der Waals surface area (Å²) in [5.41, 5.74) is 5.26. The molecule has 0 aromatic heterocycles. The van der Waals surface area contributed by atoms with Crippen LogP contribution in [0.5, 0.6) is 0 Å². The van der Waals surface area contributed by atoms with Crippen LogP contribution in [0.25, 0.3) is 0 Å². The highest BCUT2D eigenvalue weighted by Gasteiger charge is 2.30. The van der Waals surface area contributed by atoms with E-state index < -0.39 is 5.41 Å². The largest absolute Gasteiger partial charge is 0.380 e. The molecule has 0 radical (unpaired) electrons. The molecule has 3 heteroatoms. The van der Waals surface area contributed by atoms with E-state index in [0.29, 0.717) is 0 Å². The van der Waals surface area contributed by atoms with Crippen molar-refractivity contribution in [2.45, 2.75) is 32.9 Å². The number of carbonyl (C=O) groups excluding carboxylic acids is 1. The molecule has 0 aliphatic heterocycles. The highest BCUT2D eigenvalue weighted by molar-refractivity contribution is 5.59. The van der Waals surface area contributed by atoms with Gasteiger partial charge in [-0.1, -0.05) is 13.8 Å². The number of hydrogen-bond acceptors (Lipinski definition) is 3. The minimum atomic E-state index is -0.505. The van der Waals surface area contributed by atoms with E-state index in [4.69, 9.17) is 10.5 Å². The molecule has 66 valence electrons. The molecule has 0 rings (SSSR count). The molecule has 0 aromatic carbocycles. The molecule has 0 aliphatic rings. The summed E-state index contributed by atoms with van der Waals surface area (Å²) in [4.78, 5) is 10.6. The van der Waals surface area contributed by atoms with Gasteiger partial charge >= 0.3 is 0 Å². The van der Waals surface area contributed by atoms with Gasteiger partial charge in [0.05, 0.1) is 6.10 Å². The lowest BCUT2D eigenvalue weighted by molar-refractivity contribution is -0.117. The third-order valence-corrected chi connectivity index (χ3v) is 2.04. The standard InChI is InChI=1S/C8H17NO2/c1-6(11-4)7(9)8(2,3)5-10/h5-7H,9H2,1-4H3. The van der Waals surface area contributed by atoms with Gasteiger partial charge in [-0.05, 0) is 6.92 Å². The molecule has 3 nitrogen and oxygen atoms in total. The minimum absolute atomic E-state index is 0.0878. The van der Waals surface area contributed by atoms with Gasteiger partial charge in [-0.2, -0.15) is 0 Å². The number of methoxy groups -OCH3 is 1. The number of hydrogen-bond donors (Lipinski definition) is 1. The van der Waals surface area contributed by atoms with Crippen molar-refractivity contribution in [2.75, 3.05) is 7.11 Å². The maximum atomic E-state index is 10.6. The summed E-state index contributed by atoms with van der Waals surface area (Å²) in [5.74, 6) is 0. The van der Waals surface area contributed by atoms with Crippen LogP contribution in [0.2, 0.25) is 0 Å². The van der Waals surface area contributed by atoms with E-state index in [-0.39, 0.29) is 12.1 Å². The molecular formula is C8H17NO2. The van der Waals surface area contributed by atoms with Crippen LogP contribution in [-0.2, 0) is 9.53 Å². The van der Waals surface area contributed by atoms with E-state index in [9.17, 15) is 4.79 Å². The summed E-state index contributed by atoms with van der Waals surface area (Å²) in [5, 5.41) is 0. The molecule has 0 fully saturated rings. The van der Waals surface area contributed by atoms with Crippen molar-refractivity contribution < 1.29 is 9.53 Å². The van der Waals surface area contributed by atoms with Crippen molar-refractivity contribution in [1.29, 1.82) is 0 Å². The van der Waals surface area contributed by atoms with Gasteiger partial charge in [-0.3, -0.25) is 0 Å². The van der Waals surface area contributed by atoms with Gasteiger partial charge in [0.2, 0.25) is 0 Å². The third kappa shape index (κ3) is 2.60. The van der Waals surface area contributed by atoms with Crippen LogP contribution in [0.3, 0.4) is 0 Å². The van der Waals surface area contributed by atoms with Crippen LogP contribution in [0.15, 0.2) is 0 Å². The molecule has 0 saturated heterocycles. The number of rotatable bonds is 4. The maximum Gasteiger partial charge on any atom is 0.127 e. The Balaban J connectivity index is 4.21. The lowest BCUT2D eigenvalue weighted by Crippen LogP contribution is -2.46. The zero-order valence-corrected chi connectivity index (χ0v) is 7.63. The molecule has 2 unspecified atom stereocenters. The van der Waals surface area contributed by atoms with Crippen molar-refractivity contribution in [2.24, 2.45) is 11.1 Å². The Morgan fingerprint density at radius 2 is 2.00 bits per heavy atom. The van der Waals surface area contributed by atoms with Crippen molar-refractivity contribution in [3.8, 4) is 0 Å². The first-order valence-corrected chi connectivity index (χ1v) is 3.70. The second-order valence-electron chi connectivity index (χ2n) is 3.41. The van der Waals surface area contributed by atoms with Crippen molar-refractivity contribution >= 4 is 6.29 Å². The zero-order chi connectivity index (χ0) is 9.07. The Kier molecular flexibility index (Phi) is 3.69. The van der Waals surface area contributed by atoms with E-state index in [2.05, 4.69) is 0 Å². The van der Waals surface area contributed by atoms with Crippen LogP contribution >= 0.6 is 0 Å². The van der Waals surface area contributed by atoms with Crippen LogP contribution < -0.4 is 5.73 Å². The van der Waals surface area contributed by atoms with Gasteiger partial charge in [-0.15, -0.1) is 0 Å². The predicted octanol–water partition coefficient (Wildman–Crippen LogP) is 0.574. The summed E-state index contributed by atoms with van der Waals surface area (Å²) < 4.78 is 5.02. The SMILES string of the molecule is COC(C)C(N)C(C)(C)C=O. The number of ether oxygens (including phenoxy) is 1. The molecule has 2 atom stereocenters. The lowest BCUT2D eigenvalue weighted by Gasteiger charge is -2.29. The molecule has 2 N–H and O–H groups in total. The smallest absolute Gasteiger partial charge is 0.127 e. The predicted molar refractivity (Wildman–Crippen MR) is 44.3 cm³/mol. The minimum Gasteiger partial charge on any atom is -0.380 e. The number of aldehydes is 1. The van der Waals surface area contributed by atoms with Gasteiger partial charge in [0.15, 0.2) is 0 Å². The average molecular weight is 159 g/mol. The molecule has 0 aliphatic carbocycles. The molecule has 0 amide bonds. The second-order valence-corrected chi connectivity index (χ2v) is 3.41. The Bertz CT molecular complexity index is 134. The summed E-state index contributed by atoms with van der Waals surface area (Å²) in [7, 11) is 1.59. The fourth-order valence-electron chi connectivity index (χ4n) is 0.830. The summed E-state index contributed by atoms with van der Waals surface area (Å²) in [6.07, 6.45) is 0.780. The molecule has 0 saturated carbocycles. The first-order valence-electron chi connectivity index (χ1n) is 3.70. The first-order chi connectivity index (χ1) is 4.95. The van der Waals surface area contributed by atoms with E-state index in [1.54, 1.807) is 21.0 Å². The normalized spacial score (nSPS) is 17.5. The summed E-state index contributed by atoms with van der Waals surface area (Å²) in [6.45, 7) is 5.47. The Morgan fingerprint density at radius 3 is 2.27 bits per heavy atom. The number of carbonyl (C=O) groups is 1. The third-order valence-electron chi connectivity index (χ3n) is 2.04.